The minimum atomic E-state index is 0. The molecule has 27 heavy (non-hydrogen) atoms. The largest absolute Gasteiger partial charge is 0.368 e. The third kappa shape index (κ3) is 5.24. The van der Waals surface area contributed by atoms with E-state index >= 15 is 0 Å². The van der Waals surface area contributed by atoms with Crippen LogP contribution in [0.1, 0.15) is 43.7 Å². The number of nitrogens with two attached hydrogens (primary N) is 2. The van der Waals surface area contributed by atoms with Crippen LogP contribution in [0.5, 0.6) is 0 Å². The molecule has 1 aliphatic carbocycles. The number of halogens is 2. The van der Waals surface area contributed by atoms with E-state index in [0.717, 1.165) is 49.9 Å². The van der Waals surface area contributed by atoms with Crippen LogP contribution in [-0.2, 0) is 6.54 Å². The number of nitrogen functional groups attached to an aromatic ring is 1. The second kappa shape index (κ2) is 9.57. The first-order valence-electron chi connectivity index (χ1n) is 9.30. The van der Waals surface area contributed by atoms with Gasteiger partial charge < -0.3 is 16.4 Å². The van der Waals surface area contributed by atoms with Crippen molar-refractivity contribution in [2.45, 2.75) is 50.6 Å². The van der Waals surface area contributed by atoms with E-state index < -0.39 is 0 Å². The number of aromatic nitrogens is 4. The predicted octanol–water partition coefficient (Wildman–Crippen LogP) is 2.61. The quantitative estimate of drug-likeness (QED) is 0.781. The van der Waals surface area contributed by atoms with Crippen LogP contribution in [0, 0.1) is 5.92 Å². The maximum atomic E-state index is 5.96. The molecule has 2 aromatic rings. The fourth-order valence-corrected chi connectivity index (χ4v) is 3.94. The Morgan fingerprint density at radius 2 is 1.85 bits per heavy atom. The smallest absolute Gasteiger partial charge is 0.222 e. The number of piperidine rings is 1. The third-order valence-corrected chi connectivity index (χ3v) is 5.61. The summed E-state index contributed by atoms with van der Waals surface area (Å²) in [7, 11) is 0. The fraction of sp³-hybridized carbons (Fsp3) is 0.611. The molecular weight excluding hydrogens is 385 g/mol. The van der Waals surface area contributed by atoms with Gasteiger partial charge in [-0.1, -0.05) is 0 Å². The van der Waals surface area contributed by atoms with Crippen LogP contribution >= 0.6 is 24.8 Å². The Labute approximate surface area is 172 Å². The zero-order valence-electron chi connectivity index (χ0n) is 15.4. The Balaban J connectivity index is 0.00000131. The van der Waals surface area contributed by atoms with Crippen LogP contribution in [0.2, 0.25) is 0 Å². The lowest BCUT2D eigenvalue weighted by atomic mass is 9.78. The molecule has 3 heterocycles. The standard InChI is InChI=1S/C18H27N7.2ClH/c19-15-10-14(11-15)16-12-17(23-18(20)22-16)24-7-2-13(3-8-24)4-9-25-6-1-5-21-25;;/h1,5-6,12-15H,2-4,7-11,19H2,(H2,20,22,23);2*1H. The van der Waals surface area contributed by atoms with Gasteiger partial charge >= 0.3 is 0 Å². The Bertz CT molecular complexity index is 696. The molecule has 7 nitrogen and oxygen atoms in total. The highest BCUT2D eigenvalue weighted by atomic mass is 35.5. The van der Waals surface area contributed by atoms with Crippen molar-refractivity contribution in [2.75, 3.05) is 23.7 Å². The highest BCUT2D eigenvalue weighted by molar-refractivity contribution is 5.85. The molecule has 2 aromatic heterocycles. The molecule has 1 saturated heterocycles. The summed E-state index contributed by atoms with van der Waals surface area (Å²) >= 11 is 0. The minimum Gasteiger partial charge on any atom is -0.368 e. The average Bonchev–Trinajstić information content (AvgIpc) is 3.10. The predicted molar refractivity (Wildman–Crippen MR) is 113 cm³/mol. The SMILES string of the molecule is Cl.Cl.Nc1nc(C2CC(N)C2)cc(N2CCC(CCn3cccn3)CC2)n1. The first kappa shape index (κ1) is 21.7. The number of aryl methyl sites for hydroxylation is 1. The molecule has 0 spiro atoms. The molecule has 150 valence electrons. The van der Waals surface area contributed by atoms with Crippen LogP contribution < -0.4 is 16.4 Å². The molecule has 0 amide bonds. The third-order valence-electron chi connectivity index (χ3n) is 5.61. The van der Waals surface area contributed by atoms with Gasteiger partial charge in [0.25, 0.3) is 0 Å². The van der Waals surface area contributed by atoms with Gasteiger partial charge in [-0.15, -0.1) is 24.8 Å². The summed E-state index contributed by atoms with van der Waals surface area (Å²) in [5.41, 5.74) is 12.9. The Morgan fingerprint density at radius 1 is 1.11 bits per heavy atom. The van der Waals surface area contributed by atoms with E-state index in [0.29, 0.717) is 17.9 Å². The highest BCUT2D eigenvalue weighted by Gasteiger charge is 2.30. The molecule has 9 heteroatoms. The normalized spacial score (nSPS) is 22.5. The molecule has 4 N–H and O–H groups in total. The van der Waals surface area contributed by atoms with Crippen LogP contribution in [0.4, 0.5) is 11.8 Å². The summed E-state index contributed by atoms with van der Waals surface area (Å²) < 4.78 is 2.02. The fourth-order valence-electron chi connectivity index (χ4n) is 3.94. The summed E-state index contributed by atoms with van der Waals surface area (Å²) in [5.74, 6) is 2.57. The van der Waals surface area contributed by atoms with E-state index in [9.17, 15) is 0 Å². The van der Waals surface area contributed by atoms with Crippen LogP contribution in [-0.4, -0.2) is 38.9 Å². The molecule has 4 rings (SSSR count). The van der Waals surface area contributed by atoms with Crippen molar-refractivity contribution in [3.05, 3.63) is 30.2 Å². The summed E-state index contributed by atoms with van der Waals surface area (Å²) in [5, 5.41) is 4.28. The van der Waals surface area contributed by atoms with Crippen molar-refractivity contribution in [3.8, 4) is 0 Å². The first-order chi connectivity index (χ1) is 12.2. The second-order valence-corrected chi connectivity index (χ2v) is 7.43. The van der Waals surface area contributed by atoms with Gasteiger partial charge in [-0.3, -0.25) is 4.68 Å². The minimum absolute atomic E-state index is 0. The van der Waals surface area contributed by atoms with Crippen molar-refractivity contribution in [3.63, 3.8) is 0 Å². The first-order valence-corrected chi connectivity index (χ1v) is 9.30. The second-order valence-electron chi connectivity index (χ2n) is 7.43. The van der Waals surface area contributed by atoms with Crippen LogP contribution in [0.25, 0.3) is 0 Å². The number of rotatable bonds is 5. The molecular formula is C18H29Cl2N7. The molecule has 1 saturated carbocycles. The maximum absolute atomic E-state index is 5.96. The van der Waals surface area contributed by atoms with E-state index in [1.807, 2.05) is 23.1 Å². The Kier molecular flexibility index (Phi) is 7.70. The lowest BCUT2D eigenvalue weighted by molar-refractivity contribution is 0.343. The van der Waals surface area contributed by atoms with E-state index in [1.165, 1.54) is 19.3 Å². The summed E-state index contributed by atoms with van der Waals surface area (Å²) in [6.07, 6.45) is 9.45. The van der Waals surface area contributed by atoms with Gasteiger partial charge in [0, 0.05) is 50.1 Å². The van der Waals surface area contributed by atoms with Gasteiger partial charge in [-0.2, -0.15) is 10.1 Å². The van der Waals surface area contributed by atoms with Crippen molar-refractivity contribution < 1.29 is 0 Å². The zero-order chi connectivity index (χ0) is 17.2. The van der Waals surface area contributed by atoms with E-state index in [1.54, 1.807) is 0 Å². The van der Waals surface area contributed by atoms with E-state index in [4.69, 9.17) is 11.5 Å². The highest BCUT2D eigenvalue weighted by Crippen LogP contribution is 2.36. The van der Waals surface area contributed by atoms with E-state index in [2.05, 4.69) is 26.0 Å². The molecule has 2 aliphatic rings. The van der Waals surface area contributed by atoms with Gasteiger partial charge in [-0.05, 0) is 44.1 Å². The Hall–Kier alpha value is -1.57. The number of hydrogen-bond acceptors (Lipinski definition) is 6. The molecule has 0 unspecified atom stereocenters. The van der Waals surface area contributed by atoms with Crippen LogP contribution in [0.3, 0.4) is 0 Å². The molecule has 2 fully saturated rings. The topological polar surface area (TPSA) is 98.9 Å². The lowest BCUT2D eigenvalue weighted by Crippen LogP contribution is -2.36. The zero-order valence-corrected chi connectivity index (χ0v) is 17.0. The van der Waals surface area contributed by atoms with Gasteiger partial charge in [-0.25, -0.2) is 4.98 Å². The summed E-state index contributed by atoms with van der Waals surface area (Å²) in [6.45, 7) is 3.07. The van der Waals surface area contributed by atoms with Crippen molar-refractivity contribution in [1.29, 1.82) is 0 Å². The average molecular weight is 414 g/mol. The molecule has 0 radical (unpaired) electrons. The molecule has 0 atom stereocenters. The van der Waals surface area contributed by atoms with E-state index in [-0.39, 0.29) is 24.8 Å². The summed E-state index contributed by atoms with van der Waals surface area (Å²) in [4.78, 5) is 11.3. The maximum Gasteiger partial charge on any atom is 0.222 e. The van der Waals surface area contributed by atoms with Gasteiger partial charge in [0.1, 0.15) is 5.82 Å². The molecule has 0 aromatic carbocycles. The van der Waals surface area contributed by atoms with Crippen molar-refractivity contribution in [2.24, 2.45) is 11.7 Å². The molecule has 0 bridgehead atoms. The number of nitrogens with zero attached hydrogens (tertiary/aromatic N) is 5. The summed E-state index contributed by atoms with van der Waals surface area (Å²) in [6, 6.07) is 4.42. The van der Waals surface area contributed by atoms with Crippen molar-refractivity contribution in [1.82, 2.24) is 19.7 Å². The molecule has 1 aliphatic heterocycles. The van der Waals surface area contributed by atoms with Gasteiger partial charge in [0.2, 0.25) is 5.95 Å². The lowest BCUT2D eigenvalue weighted by Gasteiger charge is -2.35. The van der Waals surface area contributed by atoms with Crippen molar-refractivity contribution >= 4 is 36.6 Å². The number of hydrogen-bond donors (Lipinski definition) is 2. The monoisotopic (exact) mass is 413 g/mol. The van der Waals surface area contributed by atoms with Gasteiger partial charge in [0.15, 0.2) is 0 Å². The Morgan fingerprint density at radius 3 is 2.48 bits per heavy atom. The van der Waals surface area contributed by atoms with Crippen LogP contribution in [0.15, 0.2) is 24.5 Å². The van der Waals surface area contributed by atoms with Gasteiger partial charge in [0.05, 0.1) is 5.69 Å². The number of anilines is 2.